The molecule has 2 aromatic carbocycles. The lowest BCUT2D eigenvalue weighted by Gasteiger charge is -2.12. The van der Waals surface area contributed by atoms with Crippen LogP contribution in [0.2, 0.25) is 0 Å². The van der Waals surface area contributed by atoms with Crippen molar-refractivity contribution < 1.29 is 13.2 Å². The second-order valence-electron chi connectivity index (χ2n) is 6.08. The van der Waals surface area contributed by atoms with Gasteiger partial charge in [-0.15, -0.1) is 11.3 Å². The number of nitrogens with one attached hydrogen (secondary N) is 2. The van der Waals surface area contributed by atoms with Crippen molar-refractivity contribution >= 4 is 43.6 Å². The first-order valence-electron chi connectivity index (χ1n) is 8.34. The number of amides is 1. The van der Waals surface area contributed by atoms with E-state index in [2.05, 4.69) is 15.0 Å². The molecule has 0 aliphatic rings. The molecule has 0 aliphatic heterocycles. The van der Waals surface area contributed by atoms with Gasteiger partial charge >= 0.3 is 0 Å². The number of aromatic nitrogens is 2. The number of anilines is 2. The quantitative estimate of drug-likeness (QED) is 0.521. The number of para-hydroxylation sites is 1. The minimum absolute atomic E-state index is 0.0993. The van der Waals surface area contributed by atoms with Crippen LogP contribution in [-0.4, -0.2) is 23.7 Å². The van der Waals surface area contributed by atoms with Gasteiger partial charge < -0.3 is 5.32 Å². The van der Waals surface area contributed by atoms with E-state index in [0.717, 1.165) is 4.96 Å². The molecule has 4 aromatic rings. The number of rotatable bonds is 5. The Hall–Kier alpha value is -3.17. The summed E-state index contributed by atoms with van der Waals surface area (Å²) in [6.07, 6.45) is 3.76. The fourth-order valence-electron chi connectivity index (χ4n) is 2.78. The smallest absolute Gasteiger partial charge is 0.261 e. The van der Waals surface area contributed by atoms with E-state index in [-0.39, 0.29) is 10.8 Å². The van der Waals surface area contributed by atoms with E-state index in [0.29, 0.717) is 22.6 Å². The first kappa shape index (κ1) is 18.2. The van der Waals surface area contributed by atoms with Gasteiger partial charge in [0.05, 0.1) is 16.3 Å². The minimum Gasteiger partial charge on any atom is -0.326 e. The zero-order chi connectivity index (χ0) is 19.7. The lowest BCUT2D eigenvalue weighted by atomic mass is 10.1. The van der Waals surface area contributed by atoms with Crippen LogP contribution in [0.5, 0.6) is 0 Å². The maximum atomic E-state index is 12.8. The van der Waals surface area contributed by atoms with Crippen LogP contribution in [0.4, 0.5) is 11.4 Å². The zero-order valence-electron chi connectivity index (χ0n) is 14.8. The molecule has 28 heavy (non-hydrogen) atoms. The van der Waals surface area contributed by atoms with Crippen molar-refractivity contribution in [1.29, 1.82) is 0 Å². The number of carbonyl (C=O) groups excluding carboxylic acids is 1. The van der Waals surface area contributed by atoms with Gasteiger partial charge in [0.2, 0.25) is 5.91 Å². The highest BCUT2D eigenvalue weighted by Gasteiger charge is 2.18. The van der Waals surface area contributed by atoms with Gasteiger partial charge in [-0.05, 0) is 30.3 Å². The van der Waals surface area contributed by atoms with Gasteiger partial charge in [-0.1, -0.05) is 18.2 Å². The highest BCUT2D eigenvalue weighted by atomic mass is 32.2. The Kier molecular flexibility index (Phi) is 4.62. The standard InChI is InChI=1S/C19H16N4O3S2/c1-13(24)20-14-6-8-15(9-7-14)28(25,26)22-17-5-3-2-4-16(17)18-12-23-10-11-27-19(23)21-18/h2-12,22H,1H3,(H,20,24). The first-order valence-corrected chi connectivity index (χ1v) is 10.7. The van der Waals surface area contributed by atoms with Gasteiger partial charge in [-0.3, -0.25) is 13.9 Å². The molecule has 4 rings (SSSR count). The number of nitrogens with zero attached hydrogens (tertiary/aromatic N) is 2. The molecule has 1 amide bonds. The molecule has 142 valence electrons. The van der Waals surface area contributed by atoms with Crippen molar-refractivity contribution in [3.63, 3.8) is 0 Å². The van der Waals surface area contributed by atoms with Crippen LogP contribution < -0.4 is 10.0 Å². The van der Waals surface area contributed by atoms with E-state index < -0.39 is 10.0 Å². The van der Waals surface area contributed by atoms with Gasteiger partial charge in [0.1, 0.15) is 0 Å². The molecular formula is C19H16N4O3S2. The van der Waals surface area contributed by atoms with E-state index in [9.17, 15) is 13.2 Å². The van der Waals surface area contributed by atoms with E-state index in [1.807, 2.05) is 34.3 Å². The summed E-state index contributed by atoms with van der Waals surface area (Å²) in [6, 6.07) is 13.1. The molecule has 0 bridgehead atoms. The first-order chi connectivity index (χ1) is 13.4. The monoisotopic (exact) mass is 412 g/mol. The van der Waals surface area contributed by atoms with Crippen LogP contribution in [0, 0.1) is 0 Å². The molecule has 2 aromatic heterocycles. The van der Waals surface area contributed by atoms with Crippen molar-refractivity contribution in [3.8, 4) is 11.3 Å². The fraction of sp³-hybridized carbons (Fsp3) is 0.0526. The second kappa shape index (κ2) is 7.10. The minimum atomic E-state index is -3.80. The Bertz CT molecular complexity index is 1230. The highest BCUT2D eigenvalue weighted by molar-refractivity contribution is 7.92. The highest BCUT2D eigenvalue weighted by Crippen LogP contribution is 2.30. The maximum Gasteiger partial charge on any atom is 0.261 e. The third-order valence-corrected chi connectivity index (χ3v) is 6.18. The fourth-order valence-corrected chi connectivity index (χ4v) is 4.56. The Labute approximate surface area is 165 Å². The van der Waals surface area contributed by atoms with E-state index in [4.69, 9.17) is 0 Å². The Morgan fingerprint density at radius 3 is 2.57 bits per heavy atom. The lowest BCUT2D eigenvalue weighted by Crippen LogP contribution is -2.14. The maximum absolute atomic E-state index is 12.8. The van der Waals surface area contributed by atoms with Crippen LogP contribution in [0.25, 0.3) is 16.2 Å². The van der Waals surface area contributed by atoms with Crippen LogP contribution in [0.3, 0.4) is 0 Å². The summed E-state index contributed by atoms with van der Waals surface area (Å²) in [7, 11) is -3.80. The van der Waals surface area contributed by atoms with E-state index in [1.54, 1.807) is 24.3 Å². The molecule has 2 N–H and O–H groups in total. The SMILES string of the molecule is CC(=O)Nc1ccc(S(=O)(=O)Nc2ccccc2-c2cn3ccsc3n2)cc1. The summed E-state index contributed by atoms with van der Waals surface area (Å²) >= 11 is 1.51. The second-order valence-corrected chi connectivity index (χ2v) is 8.63. The molecule has 7 nitrogen and oxygen atoms in total. The van der Waals surface area contributed by atoms with Crippen LogP contribution in [0.1, 0.15) is 6.92 Å². The number of imidazole rings is 1. The van der Waals surface area contributed by atoms with Gasteiger partial charge in [0.15, 0.2) is 4.96 Å². The average molecular weight is 412 g/mol. The third kappa shape index (κ3) is 3.62. The van der Waals surface area contributed by atoms with Crippen molar-refractivity contribution in [2.24, 2.45) is 0 Å². The van der Waals surface area contributed by atoms with Crippen molar-refractivity contribution in [2.45, 2.75) is 11.8 Å². The van der Waals surface area contributed by atoms with Gasteiger partial charge in [-0.2, -0.15) is 0 Å². The van der Waals surface area contributed by atoms with Crippen LogP contribution in [0.15, 0.2) is 71.2 Å². The molecule has 0 aliphatic carbocycles. The molecular weight excluding hydrogens is 396 g/mol. The number of benzene rings is 2. The number of sulfonamides is 1. The molecule has 2 heterocycles. The third-order valence-electron chi connectivity index (χ3n) is 4.03. The molecule has 0 unspecified atom stereocenters. The molecule has 0 spiro atoms. The largest absolute Gasteiger partial charge is 0.326 e. The molecule has 0 atom stereocenters. The Balaban J connectivity index is 1.65. The van der Waals surface area contributed by atoms with E-state index in [1.165, 1.54) is 30.4 Å². The topological polar surface area (TPSA) is 92.6 Å². The summed E-state index contributed by atoms with van der Waals surface area (Å²) in [5, 5.41) is 4.55. The molecule has 9 heteroatoms. The predicted octanol–water partition coefficient (Wildman–Crippen LogP) is 3.82. The normalized spacial score (nSPS) is 11.5. The summed E-state index contributed by atoms with van der Waals surface area (Å²) in [6.45, 7) is 1.39. The Morgan fingerprint density at radius 1 is 1.11 bits per heavy atom. The summed E-state index contributed by atoms with van der Waals surface area (Å²) in [4.78, 5) is 16.6. The average Bonchev–Trinajstić information content (AvgIpc) is 3.24. The lowest BCUT2D eigenvalue weighted by molar-refractivity contribution is -0.114. The Morgan fingerprint density at radius 2 is 1.86 bits per heavy atom. The number of hydrogen-bond donors (Lipinski definition) is 2. The number of fused-ring (bicyclic) bond motifs is 1. The number of hydrogen-bond acceptors (Lipinski definition) is 5. The molecule has 0 radical (unpaired) electrons. The predicted molar refractivity (Wildman–Crippen MR) is 110 cm³/mol. The molecule has 0 fully saturated rings. The van der Waals surface area contributed by atoms with Gasteiger partial charge in [0.25, 0.3) is 10.0 Å². The number of thiazole rings is 1. The van der Waals surface area contributed by atoms with E-state index >= 15 is 0 Å². The van der Waals surface area contributed by atoms with Crippen molar-refractivity contribution in [3.05, 3.63) is 66.3 Å². The zero-order valence-corrected chi connectivity index (χ0v) is 16.4. The molecule has 0 saturated heterocycles. The van der Waals surface area contributed by atoms with Crippen LogP contribution >= 0.6 is 11.3 Å². The molecule has 0 saturated carbocycles. The van der Waals surface area contributed by atoms with Crippen molar-refractivity contribution in [1.82, 2.24) is 9.38 Å². The van der Waals surface area contributed by atoms with Crippen molar-refractivity contribution in [2.75, 3.05) is 10.0 Å². The summed E-state index contributed by atoms with van der Waals surface area (Å²) < 4.78 is 30.2. The van der Waals surface area contributed by atoms with Gasteiger partial charge in [0, 0.05) is 35.9 Å². The summed E-state index contributed by atoms with van der Waals surface area (Å²) in [5.41, 5.74) is 2.35. The van der Waals surface area contributed by atoms with Gasteiger partial charge in [-0.25, -0.2) is 13.4 Å². The number of carbonyl (C=O) groups is 1. The van der Waals surface area contributed by atoms with Crippen LogP contribution in [-0.2, 0) is 14.8 Å². The summed E-state index contributed by atoms with van der Waals surface area (Å²) in [5.74, 6) is -0.220.